The number of methoxy groups -OCH3 is 1. The number of benzene rings is 1. The lowest BCUT2D eigenvalue weighted by Crippen LogP contribution is -2.27. The van der Waals surface area contributed by atoms with E-state index < -0.39 is 6.04 Å². The average molecular weight is 209 g/mol. The van der Waals surface area contributed by atoms with Crippen LogP contribution in [-0.4, -0.2) is 19.1 Å². The lowest BCUT2D eigenvalue weighted by molar-refractivity contribution is -0.141. The SMILES string of the molecule is CCc1ccccc1.COC(=O)C(C)N. The summed E-state index contributed by atoms with van der Waals surface area (Å²) in [6.07, 6.45) is 1.14. The topological polar surface area (TPSA) is 52.3 Å². The zero-order chi connectivity index (χ0) is 11.7. The van der Waals surface area contributed by atoms with E-state index in [4.69, 9.17) is 5.73 Å². The maximum absolute atomic E-state index is 10.2. The van der Waals surface area contributed by atoms with Crippen molar-refractivity contribution >= 4 is 5.97 Å². The molecular weight excluding hydrogens is 190 g/mol. The molecule has 1 aromatic rings. The van der Waals surface area contributed by atoms with Crippen LogP contribution in [0.3, 0.4) is 0 Å². The molecule has 3 nitrogen and oxygen atoms in total. The summed E-state index contributed by atoms with van der Waals surface area (Å²) in [5.41, 5.74) is 6.48. The number of aryl methyl sites for hydroxylation is 1. The third kappa shape index (κ3) is 6.69. The first-order chi connectivity index (χ1) is 7.11. The predicted molar refractivity (Wildman–Crippen MR) is 61.5 cm³/mol. The molecule has 15 heavy (non-hydrogen) atoms. The van der Waals surface area contributed by atoms with Crippen LogP contribution in [0.5, 0.6) is 0 Å². The van der Waals surface area contributed by atoms with Gasteiger partial charge in [-0.15, -0.1) is 0 Å². The quantitative estimate of drug-likeness (QED) is 0.755. The Kier molecular flexibility index (Phi) is 7.28. The molecule has 0 fully saturated rings. The standard InChI is InChI=1S/C8H10.C4H9NO2/c1-2-8-6-4-3-5-7-8;1-3(5)4(6)7-2/h3-7H,2H2,1H3;3H,5H2,1-2H3. The van der Waals surface area contributed by atoms with Crippen molar-refractivity contribution in [3.8, 4) is 0 Å². The molecule has 0 saturated heterocycles. The van der Waals surface area contributed by atoms with E-state index in [0.29, 0.717) is 0 Å². The van der Waals surface area contributed by atoms with Gasteiger partial charge in [-0.05, 0) is 18.9 Å². The van der Waals surface area contributed by atoms with E-state index >= 15 is 0 Å². The summed E-state index contributed by atoms with van der Waals surface area (Å²) >= 11 is 0. The Bertz CT molecular complexity index is 270. The number of hydrogen-bond donors (Lipinski definition) is 1. The molecule has 2 N–H and O–H groups in total. The van der Waals surface area contributed by atoms with Crippen LogP contribution in [0.4, 0.5) is 0 Å². The first-order valence-electron chi connectivity index (χ1n) is 4.99. The Morgan fingerprint density at radius 2 is 1.93 bits per heavy atom. The Hall–Kier alpha value is -1.35. The number of hydrogen-bond acceptors (Lipinski definition) is 3. The molecule has 0 aliphatic heterocycles. The summed E-state index contributed by atoms with van der Waals surface area (Å²) in [6, 6.07) is 9.96. The maximum atomic E-state index is 10.2. The zero-order valence-electron chi connectivity index (χ0n) is 9.57. The van der Waals surface area contributed by atoms with Crippen molar-refractivity contribution in [2.24, 2.45) is 5.73 Å². The molecule has 0 saturated carbocycles. The van der Waals surface area contributed by atoms with Gasteiger partial charge in [0.15, 0.2) is 0 Å². The van der Waals surface area contributed by atoms with Gasteiger partial charge in [-0.25, -0.2) is 0 Å². The highest BCUT2D eigenvalue weighted by atomic mass is 16.5. The van der Waals surface area contributed by atoms with Crippen LogP contribution >= 0.6 is 0 Å². The number of esters is 1. The summed E-state index contributed by atoms with van der Waals surface area (Å²) in [6.45, 7) is 3.74. The van der Waals surface area contributed by atoms with Gasteiger partial charge in [0.25, 0.3) is 0 Å². The minimum absolute atomic E-state index is 0.375. The lowest BCUT2D eigenvalue weighted by atomic mass is 10.2. The van der Waals surface area contributed by atoms with Crippen molar-refractivity contribution < 1.29 is 9.53 Å². The molecule has 84 valence electrons. The van der Waals surface area contributed by atoms with Crippen LogP contribution in [-0.2, 0) is 16.0 Å². The summed E-state index contributed by atoms with van der Waals surface area (Å²) in [5, 5.41) is 0. The molecule has 0 heterocycles. The van der Waals surface area contributed by atoms with Crippen LogP contribution in [0.15, 0.2) is 30.3 Å². The zero-order valence-corrected chi connectivity index (χ0v) is 9.57. The Balaban J connectivity index is 0.000000265. The van der Waals surface area contributed by atoms with Gasteiger partial charge in [-0.3, -0.25) is 4.79 Å². The third-order valence-electron chi connectivity index (χ3n) is 1.82. The molecule has 0 aliphatic carbocycles. The fourth-order valence-electron chi connectivity index (χ4n) is 0.900. The van der Waals surface area contributed by atoms with Crippen molar-refractivity contribution in [1.29, 1.82) is 0 Å². The van der Waals surface area contributed by atoms with E-state index in [2.05, 4.69) is 35.9 Å². The molecule has 1 atom stereocenters. The molecule has 1 rings (SSSR count). The molecule has 1 aromatic carbocycles. The van der Waals surface area contributed by atoms with Gasteiger partial charge in [0.2, 0.25) is 0 Å². The van der Waals surface area contributed by atoms with E-state index in [-0.39, 0.29) is 5.97 Å². The second-order valence-corrected chi connectivity index (χ2v) is 3.15. The molecule has 0 bridgehead atoms. The summed E-state index contributed by atoms with van der Waals surface area (Å²) in [5.74, 6) is -0.375. The van der Waals surface area contributed by atoms with Crippen LogP contribution in [0, 0.1) is 0 Å². The second-order valence-electron chi connectivity index (χ2n) is 3.15. The van der Waals surface area contributed by atoms with Crippen molar-refractivity contribution in [1.82, 2.24) is 0 Å². The molecule has 0 amide bonds. The van der Waals surface area contributed by atoms with Gasteiger partial charge in [-0.2, -0.15) is 0 Å². The number of rotatable bonds is 2. The van der Waals surface area contributed by atoms with Crippen molar-refractivity contribution in [3.05, 3.63) is 35.9 Å². The average Bonchev–Trinajstić information content (AvgIpc) is 2.29. The number of carbonyl (C=O) groups excluding carboxylic acids is 1. The minimum Gasteiger partial charge on any atom is -0.468 e. The van der Waals surface area contributed by atoms with Crippen molar-refractivity contribution in [2.45, 2.75) is 26.3 Å². The van der Waals surface area contributed by atoms with Crippen molar-refractivity contribution in [3.63, 3.8) is 0 Å². The van der Waals surface area contributed by atoms with Gasteiger partial charge in [0.1, 0.15) is 6.04 Å². The van der Waals surface area contributed by atoms with Crippen LogP contribution in [0.25, 0.3) is 0 Å². The fraction of sp³-hybridized carbons (Fsp3) is 0.417. The van der Waals surface area contributed by atoms with E-state index in [0.717, 1.165) is 6.42 Å². The molecule has 0 aliphatic rings. The Morgan fingerprint density at radius 1 is 1.40 bits per heavy atom. The monoisotopic (exact) mass is 209 g/mol. The second kappa shape index (κ2) is 8.00. The summed E-state index contributed by atoms with van der Waals surface area (Å²) in [4.78, 5) is 10.2. The summed E-state index contributed by atoms with van der Waals surface area (Å²) < 4.78 is 4.25. The Morgan fingerprint density at radius 3 is 2.13 bits per heavy atom. The van der Waals surface area contributed by atoms with E-state index in [1.54, 1.807) is 6.92 Å². The van der Waals surface area contributed by atoms with Gasteiger partial charge in [0, 0.05) is 0 Å². The first kappa shape index (κ1) is 13.7. The van der Waals surface area contributed by atoms with Crippen LogP contribution in [0.1, 0.15) is 19.4 Å². The number of nitrogens with two attached hydrogens (primary N) is 1. The van der Waals surface area contributed by atoms with Gasteiger partial charge in [-0.1, -0.05) is 37.3 Å². The highest BCUT2D eigenvalue weighted by molar-refractivity contribution is 5.74. The van der Waals surface area contributed by atoms with E-state index in [9.17, 15) is 4.79 Å². The van der Waals surface area contributed by atoms with Crippen LogP contribution < -0.4 is 5.73 Å². The number of ether oxygens (including phenoxy) is 1. The Labute approximate surface area is 91.2 Å². The normalized spacial score (nSPS) is 10.9. The highest BCUT2D eigenvalue weighted by Gasteiger charge is 2.03. The molecule has 1 unspecified atom stereocenters. The maximum Gasteiger partial charge on any atom is 0.322 e. The smallest absolute Gasteiger partial charge is 0.322 e. The van der Waals surface area contributed by atoms with Crippen molar-refractivity contribution in [2.75, 3.05) is 7.11 Å². The fourth-order valence-corrected chi connectivity index (χ4v) is 0.900. The van der Waals surface area contributed by atoms with E-state index in [1.807, 2.05) is 6.07 Å². The predicted octanol–water partition coefficient (Wildman–Crippen LogP) is 1.76. The van der Waals surface area contributed by atoms with Gasteiger partial charge in [0.05, 0.1) is 7.11 Å². The van der Waals surface area contributed by atoms with Crippen LogP contribution in [0.2, 0.25) is 0 Å². The highest BCUT2D eigenvalue weighted by Crippen LogP contribution is 1.96. The molecular formula is C12H19NO2. The third-order valence-corrected chi connectivity index (χ3v) is 1.82. The largest absolute Gasteiger partial charge is 0.468 e. The summed E-state index contributed by atoms with van der Waals surface area (Å²) in [7, 11) is 1.31. The van der Waals surface area contributed by atoms with E-state index in [1.165, 1.54) is 12.7 Å². The first-order valence-corrected chi connectivity index (χ1v) is 4.99. The molecule has 0 aromatic heterocycles. The number of carbonyl (C=O) groups is 1. The van der Waals surface area contributed by atoms with Gasteiger partial charge >= 0.3 is 5.97 Å². The lowest BCUT2D eigenvalue weighted by Gasteiger charge is -1.98. The van der Waals surface area contributed by atoms with Gasteiger partial charge < -0.3 is 10.5 Å². The molecule has 0 spiro atoms. The molecule has 3 heteroatoms. The minimum atomic E-state index is -0.495. The molecule has 0 radical (unpaired) electrons.